The molecule has 4 nitrogen and oxygen atoms in total. The maximum atomic E-state index is 11.1. The van der Waals surface area contributed by atoms with Gasteiger partial charge in [0.1, 0.15) is 5.78 Å². The number of Topliss-reactive ketones (excluding diaryl/α,β-unsaturated/α-hetero) is 1. The van der Waals surface area contributed by atoms with E-state index in [9.17, 15) is 9.59 Å². The molecule has 1 aromatic heterocycles. The second-order valence-corrected chi connectivity index (χ2v) is 2.72. The number of carbonyl (C=O) groups excluding carboxylic acids is 2. The molecular weight excluding hydrogens is 170 g/mol. The second-order valence-electron chi connectivity index (χ2n) is 2.72. The number of hydrogen-bond donors (Lipinski definition) is 0. The Morgan fingerprint density at radius 1 is 1.54 bits per heavy atom. The molecule has 13 heavy (non-hydrogen) atoms. The van der Waals surface area contributed by atoms with E-state index in [1.807, 2.05) is 0 Å². The normalized spacial score (nSPS) is 9.69. The van der Waals surface area contributed by atoms with E-state index in [0.29, 0.717) is 5.69 Å². The Bertz CT molecular complexity index is 327. The maximum absolute atomic E-state index is 11.1. The van der Waals surface area contributed by atoms with E-state index in [1.165, 1.54) is 18.6 Å². The van der Waals surface area contributed by atoms with Gasteiger partial charge >= 0.3 is 6.09 Å². The van der Waals surface area contributed by atoms with Crippen molar-refractivity contribution in [2.75, 3.05) is 7.11 Å². The lowest BCUT2D eigenvalue weighted by atomic mass is 10.2. The smallest absolute Gasteiger partial charge is 0.417 e. The van der Waals surface area contributed by atoms with E-state index in [4.69, 9.17) is 0 Å². The predicted octanol–water partition coefficient (Wildman–Crippen LogP) is 1.23. The summed E-state index contributed by atoms with van der Waals surface area (Å²) in [6.07, 6.45) is 1.35. The summed E-state index contributed by atoms with van der Waals surface area (Å²) < 4.78 is 5.85. The third-order valence-corrected chi connectivity index (χ3v) is 1.63. The number of rotatable bonds is 2. The van der Waals surface area contributed by atoms with Crippen molar-refractivity contribution in [1.29, 1.82) is 0 Å². The zero-order chi connectivity index (χ0) is 9.84. The second kappa shape index (κ2) is 3.89. The quantitative estimate of drug-likeness (QED) is 0.689. The molecule has 0 spiro atoms. The van der Waals surface area contributed by atoms with Crippen molar-refractivity contribution in [3.05, 3.63) is 24.0 Å². The molecule has 0 amide bonds. The summed E-state index contributed by atoms with van der Waals surface area (Å²) in [6.45, 7) is 1.48. The molecule has 0 unspecified atom stereocenters. The van der Waals surface area contributed by atoms with Gasteiger partial charge in [-0.05, 0) is 19.1 Å². The number of carbonyl (C=O) groups is 2. The van der Waals surface area contributed by atoms with E-state index in [1.54, 1.807) is 18.3 Å². The highest BCUT2D eigenvalue weighted by atomic mass is 16.5. The van der Waals surface area contributed by atoms with Crippen molar-refractivity contribution in [2.24, 2.45) is 0 Å². The lowest BCUT2D eigenvalue weighted by molar-refractivity contribution is -0.116. The molecule has 0 aliphatic carbocycles. The van der Waals surface area contributed by atoms with Gasteiger partial charge in [-0.1, -0.05) is 0 Å². The number of methoxy groups -OCH3 is 1. The molecule has 0 bridgehead atoms. The van der Waals surface area contributed by atoms with E-state index in [-0.39, 0.29) is 12.2 Å². The molecule has 0 aromatic carbocycles. The van der Waals surface area contributed by atoms with Crippen LogP contribution in [-0.4, -0.2) is 23.6 Å². The molecule has 0 saturated heterocycles. The molecule has 0 fully saturated rings. The van der Waals surface area contributed by atoms with Crippen molar-refractivity contribution in [1.82, 2.24) is 4.57 Å². The number of nitrogens with zero attached hydrogens (tertiary/aromatic N) is 1. The monoisotopic (exact) mass is 181 g/mol. The Morgan fingerprint density at radius 2 is 2.23 bits per heavy atom. The van der Waals surface area contributed by atoms with Crippen LogP contribution in [0.25, 0.3) is 0 Å². The number of aromatic nitrogens is 1. The summed E-state index contributed by atoms with van der Waals surface area (Å²) in [6, 6.07) is 3.42. The molecule has 1 heterocycles. The van der Waals surface area contributed by atoms with Crippen LogP contribution in [0, 0.1) is 0 Å². The molecule has 70 valence electrons. The van der Waals surface area contributed by atoms with Gasteiger partial charge in [-0.2, -0.15) is 0 Å². The molecule has 0 aliphatic rings. The summed E-state index contributed by atoms with van der Waals surface area (Å²) in [5.74, 6) is 0.0175. The van der Waals surface area contributed by atoms with Crippen molar-refractivity contribution >= 4 is 11.9 Å². The summed E-state index contributed by atoms with van der Waals surface area (Å²) in [7, 11) is 1.31. The van der Waals surface area contributed by atoms with Gasteiger partial charge in [0.05, 0.1) is 7.11 Å². The highest BCUT2D eigenvalue weighted by Crippen LogP contribution is 2.04. The minimum absolute atomic E-state index is 0.0175. The molecule has 0 N–H and O–H groups in total. The fourth-order valence-electron chi connectivity index (χ4n) is 1.09. The summed E-state index contributed by atoms with van der Waals surface area (Å²) in [4.78, 5) is 21.9. The van der Waals surface area contributed by atoms with Crippen molar-refractivity contribution < 1.29 is 14.3 Å². The molecule has 0 radical (unpaired) electrons. The fourth-order valence-corrected chi connectivity index (χ4v) is 1.09. The topological polar surface area (TPSA) is 48.3 Å². The van der Waals surface area contributed by atoms with Gasteiger partial charge < -0.3 is 4.74 Å². The first-order valence-electron chi connectivity index (χ1n) is 3.89. The van der Waals surface area contributed by atoms with Crippen LogP contribution in [0.4, 0.5) is 4.79 Å². The fraction of sp³-hybridized carbons (Fsp3) is 0.333. The van der Waals surface area contributed by atoms with Crippen LogP contribution in [0.1, 0.15) is 12.6 Å². The predicted molar refractivity (Wildman–Crippen MR) is 46.6 cm³/mol. The first kappa shape index (κ1) is 9.51. The largest absolute Gasteiger partial charge is 0.452 e. The molecule has 1 rings (SSSR count). The zero-order valence-electron chi connectivity index (χ0n) is 7.61. The Balaban J connectivity index is 2.89. The van der Waals surface area contributed by atoms with Crippen LogP contribution in [0.15, 0.2) is 18.3 Å². The average Bonchev–Trinajstić information content (AvgIpc) is 2.50. The number of hydrogen-bond acceptors (Lipinski definition) is 3. The van der Waals surface area contributed by atoms with Crippen LogP contribution in [0.2, 0.25) is 0 Å². The van der Waals surface area contributed by atoms with Gasteiger partial charge in [0.25, 0.3) is 0 Å². The lowest BCUT2D eigenvalue weighted by Crippen LogP contribution is -2.14. The Morgan fingerprint density at radius 3 is 2.77 bits per heavy atom. The third kappa shape index (κ3) is 2.18. The summed E-state index contributed by atoms with van der Waals surface area (Å²) in [5.41, 5.74) is 0.652. The van der Waals surface area contributed by atoms with E-state index in [0.717, 1.165) is 0 Å². The Labute approximate surface area is 76.1 Å². The van der Waals surface area contributed by atoms with Gasteiger partial charge in [-0.25, -0.2) is 4.79 Å². The first-order valence-corrected chi connectivity index (χ1v) is 3.89. The maximum Gasteiger partial charge on any atom is 0.417 e. The van der Waals surface area contributed by atoms with Crippen LogP contribution in [0.3, 0.4) is 0 Å². The van der Waals surface area contributed by atoms with Gasteiger partial charge in [-0.3, -0.25) is 9.36 Å². The SMILES string of the molecule is COC(=O)n1cccc1CC(C)=O. The standard InChI is InChI=1S/C9H11NO3/c1-7(11)6-8-4-3-5-10(8)9(12)13-2/h3-5H,6H2,1-2H3. The average molecular weight is 181 g/mol. The highest BCUT2D eigenvalue weighted by Gasteiger charge is 2.09. The van der Waals surface area contributed by atoms with Crippen LogP contribution < -0.4 is 0 Å². The number of ether oxygens (including phenoxy) is 1. The highest BCUT2D eigenvalue weighted by molar-refractivity contribution is 5.80. The van der Waals surface area contributed by atoms with E-state index < -0.39 is 6.09 Å². The van der Waals surface area contributed by atoms with Crippen LogP contribution >= 0.6 is 0 Å². The van der Waals surface area contributed by atoms with E-state index in [2.05, 4.69) is 4.74 Å². The van der Waals surface area contributed by atoms with Gasteiger partial charge in [0, 0.05) is 18.3 Å². The lowest BCUT2D eigenvalue weighted by Gasteiger charge is -2.03. The van der Waals surface area contributed by atoms with Crippen molar-refractivity contribution in [3.8, 4) is 0 Å². The molecule has 0 aliphatic heterocycles. The van der Waals surface area contributed by atoms with E-state index >= 15 is 0 Å². The number of ketones is 1. The Kier molecular flexibility index (Phi) is 2.84. The molecule has 0 atom stereocenters. The summed E-state index contributed by atoms with van der Waals surface area (Å²) in [5, 5.41) is 0. The Hall–Kier alpha value is -1.58. The molecule has 1 aromatic rings. The zero-order valence-corrected chi connectivity index (χ0v) is 7.61. The van der Waals surface area contributed by atoms with Gasteiger partial charge in [-0.15, -0.1) is 0 Å². The molecular formula is C9H11NO3. The van der Waals surface area contributed by atoms with Gasteiger partial charge in [0.15, 0.2) is 0 Å². The minimum atomic E-state index is -0.471. The minimum Gasteiger partial charge on any atom is -0.452 e. The summed E-state index contributed by atoms with van der Waals surface area (Å²) >= 11 is 0. The molecule has 0 saturated carbocycles. The van der Waals surface area contributed by atoms with Gasteiger partial charge in [0.2, 0.25) is 0 Å². The van der Waals surface area contributed by atoms with Crippen LogP contribution in [-0.2, 0) is 16.0 Å². The molecule has 4 heteroatoms. The van der Waals surface area contributed by atoms with Crippen LogP contribution in [0.5, 0.6) is 0 Å². The van der Waals surface area contributed by atoms with Crippen molar-refractivity contribution in [3.63, 3.8) is 0 Å². The first-order chi connectivity index (χ1) is 6.15. The third-order valence-electron chi connectivity index (χ3n) is 1.63. The van der Waals surface area contributed by atoms with Crippen molar-refractivity contribution in [2.45, 2.75) is 13.3 Å².